The Morgan fingerprint density at radius 1 is 1.11 bits per heavy atom. The van der Waals surface area contributed by atoms with Crippen LogP contribution in [0.3, 0.4) is 0 Å². The number of rotatable bonds is 1. The highest BCUT2D eigenvalue weighted by atomic mass is 16.2. The average molecular weight is 267 g/mol. The van der Waals surface area contributed by atoms with Crippen molar-refractivity contribution >= 4 is 5.91 Å². The van der Waals surface area contributed by atoms with Crippen molar-refractivity contribution in [2.24, 2.45) is 0 Å². The molecule has 2 aliphatic heterocycles. The molecule has 0 saturated carbocycles. The number of amides is 1. The van der Waals surface area contributed by atoms with Gasteiger partial charge in [-0.25, -0.2) is 0 Å². The van der Waals surface area contributed by atoms with Gasteiger partial charge < -0.3 is 10.2 Å². The van der Waals surface area contributed by atoms with Crippen LogP contribution in [-0.2, 0) is 4.79 Å². The van der Waals surface area contributed by atoms with Gasteiger partial charge in [0.05, 0.1) is 6.04 Å². The third kappa shape index (κ3) is 3.69. The Hall–Kier alpha value is -0.610. The van der Waals surface area contributed by atoms with Gasteiger partial charge in [-0.2, -0.15) is 0 Å². The second-order valence-electron chi connectivity index (χ2n) is 7.03. The van der Waals surface area contributed by atoms with E-state index in [9.17, 15) is 4.79 Å². The largest absolute Gasteiger partial charge is 0.339 e. The number of carbonyl (C=O) groups is 1. The maximum atomic E-state index is 12.5. The fourth-order valence-electron chi connectivity index (χ4n) is 3.15. The summed E-state index contributed by atoms with van der Waals surface area (Å²) in [6.07, 6.45) is 3.37. The third-order valence-corrected chi connectivity index (χ3v) is 4.45. The number of hydrogen-bond acceptors (Lipinski definition) is 3. The summed E-state index contributed by atoms with van der Waals surface area (Å²) in [7, 11) is 0. The summed E-state index contributed by atoms with van der Waals surface area (Å²) in [6.45, 7) is 12.7. The summed E-state index contributed by atoms with van der Waals surface area (Å²) >= 11 is 0. The van der Waals surface area contributed by atoms with Crippen molar-refractivity contribution in [2.45, 2.75) is 64.6 Å². The fourth-order valence-corrected chi connectivity index (χ4v) is 3.15. The predicted molar refractivity (Wildman–Crippen MR) is 78.1 cm³/mol. The topological polar surface area (TPSA) is 35.6 Å². The van der Waals surface area contributed by atoms with E-state index < -0.39 is 0 Å². The number of nitrogens with one attached hydrogen (secondary N) is 1. The molecule has 0 aromatic carbocycles. The minimum absolute atomic E-state index is 0.0601. The van der Waals surface area contributed by atoms with Gasteiger partial charge in [0.15, 0.2) is 0 Å². The first kappa shape index (κ1) is 14.8. The quantitative estimate of drug-likeness (QED) is 0.781. The molecule has 110 valence electrons. The molecule has 1 amide bonds. The van der Waals surface area contributed by atoms with Crippen LogP contribution < -0.4 is 5.32 Å². The molecule has 2 rings (SSSR count). The molecule has 2 fully saturated rings. The molecule has 0 radical (unpaired) electrons. The van der Waals surface area contributed by atoms with Crippen molar-refractivity contribution in [1.82, 2.24) is 15.1 Å². The Morgan fingerprint density at radius 3 is 2.26 bits per heavy atom. The number of nitrogens with zero attached hydrogens (tertiary/aromatic N) is 2. The second-order valence-corrected chi connectivity index (χ2v) is 7.03. The van der Waals surface area contributed by atoms with Crippen LogP contribution >= 0.6 is 0 Å². The lowest BCUT2D eigenvalue weighted by atomic mass is 9.98. The van der Waals surface area contributed by atoms with Crippen LogP contribution in [0.1, 0.15) is 47.0 Å². The first-order valence-electron chi connectivity index (χ1n) is 7.68. The van der Waals surface area contributed by atoms with Gasteiger partial charge in [-0.3, -0.25) is 9.69 Å². The van der Waals surface area contributed by atoms with Gasteiger partial charge in [0.1, 0.15) is 0 Å². The maximum Gasteiger partial charge on any atom is 0.239 e. The van der Waals surface area contributed by atoms with Gasteiger partial charge in [-0.05, 0) is 47.0 Å². The molecule has 2 atom stereocenters. The Bertz CT molecular complexity index is 316. The van der Waals surface area contributed by atoms with E-state index in [1.165, 1.54) is 12.8 Å². The van der Waals surface area contributed by atoms with Crippen LogP contribution in [0.15, 0.2) is 0 Å². The highest BCUT2D eigenvalue weighted by molar-refractivity contribution is 5.82. The summed E-state index contributed by atoms with van der Waals surface area (Å²) < 4.78 is 0. The van der Waals surface area contributed by atoms with Gasteiger partial charge in [0.25, 0.3) is 0 Å². The summed E-state index contributed by atoms with van der Waals surface area (Å²) in [5.41, 5.74) is 0.215. The first-order chi connectivity index (χ1) is 8.88. The zero-order chi connectivity index (χ0) is 14.0. The smallest absolute Gasteiger partial charge is 0.239 e. The van der Waals surface area contributed by atoms with Gasteiger partial charge in [-0.15, -0.1) is 0 Å². The SMILES string of the molecule is CC1CCCC(C(=O)N2CCN(C(C)(C)C)CC2)N1. The van der Waals surface area contributed by atoms with Gasteiger partial charge in [-0.1, -0.05) is 0 Å². The van der Waals surface area contributed by atoms with E-state index in [2.05, 4.69) is 42.8 Å². The second kappa shape index (κ2) is 5.80. The molecule has 2 unspecified atom stereocenters. The van der Waals surface area contributed by atoms with Crippen molar-refractivity contribution in [3.05, 3.63) is 0 Å². The van der Waals surface area contributed by atoms with Crippen LogP contribution in [-0.4, -0.2) is 59.5 Å². The highest BCUT2D eigenvalue weighted by Gasteiger charge is 2.32. The van der Waals surface area contributed by atoms with E-state index in [4.69, 9.17) is 0 Å². The van der Waals surface area contributed by atoms with Crippen molar-refractivity contribution < 1.29 is 4.79 Å². The molecule has 2 saturated heterocycles. The van der Waals surface area contributed by atoms with E-state index >= 15 is 0 Å². The minimum Gasteiger partial charge on any atom is -0.339 e. The molecular formula is C15H29N3O. The molecule has 0 aromatic heterocycles. The lowest BCUT2D eigenvalue weighted by Gasteiger charge is -2.43. The lowest BCUT2D eigenvalue weighted by Crippen LogP contribution is -2.58. The van der Waals surface area contributed by atoms with Crippen molar-refractivity contribution in [2.75, 3.05) is 26.2 Å². The van der Waals surface area contributed by atoms with Crippen LogP contribution in [0.25, 0.3) is 0 Å². The van der Waals surface area contributed by atoms with Crippen LogP contribution in [0.5, 0.6) is 0 Å². The van der Waals surface area contributed by atoms with Crippen molar-refractivity contribution in [3.63, 3.8) is 0 Å². The van der Waals surface area contributed by atoms with Gasteiger partial charge in [0.2, 0.25) is 5.91 Å². The molecule has 0 bridgehead atoms. The van der Waals surface area contributed by atoms with E-state index in [1.54, 1.807) is 0 Å². The zero-order valence-electron chi connectivity index (χ0n) is 12.9. The average Bonchev–Trinajstić information content (AvgIpc) is 2.37. The van der Waals surface area contributed by atoms with E-state index in [1.807, 2.05) is 0 Å². The van der Waals surface area contributed by atoms with Crippen molar-refractivity contribution in [3.8, 4) is 0 Å². The zero-order valence-corrected chi connectivity index (χ0v) is 12.9. The third-order valence-electron chi connectivity index (χ3n) is 4.45. The van der Waals surface area contributed by atoms with Gasteiger partial charge in [0, 0.05) is 37.8 Å². The Morgan fingerprint density at radius 2 is 1.74 bits per heavy atom. The lowest BCUT2D eigenvalue weighted by molar-refractivity contribution is -0.136. The number of piperidine rings is 1. The molecular weight excluding hydrogens is 238 g/mol. The predicted octanol–water partition coefficient (Wildman–Crippen LogP) is 1.46. The molecule has 4 nitrogen and oxygen atoms in total. The standard InChI is InChI=1S/C15H29N3O/c1-12-6-5-7-13(16-12)14(19)17-8-10-18(11-9-17)15(2,3)4/h12-13,16H,5-11H2,1-4H3. The summed E-state index contributed by atoms with van der Waals surface area (Å²) in [5, 5.41) is 3.45. The molecule has 0 aliphatic carbocycles. The molecule has 1 N–H and O–H groups in total. The molecule has 2 aliphatic rings. The first-order valence-corrected chi connectivity index (χ1v) is 7.68. The van der Waals surface area contributed by atoms with Crippen molar-refractivity contribution in [1.29, 1.82) is 0 Å². The number of piperazine rings is 1. The fraction of sp³-hybridized carbons (Fsp3) is 0.933. The van der Waals surface area contributed by atoms with E-state index in [-0.39, 0.29) is 11.6 Å². The van der Waals surface area contributed by atoms with Crippen LogP contribution in [0, 0.1) is 0 Å². The summed E-state index contributed by atoms with van der Waals surface area (Å²) in [6, 6.07) is 0.545. The molecule has 0 spiro atoms. The minimum atomic E-state index is 0.0601. The Labute approximate surface area is 117 Å². The van der Waals surface area contributed by atoms with E-state index in [0.717, 1.165) is 32.6 Å². The molecule has 2 heterocycles. The van der Waals surface area contributed by atoms with Crippen LogP contribution in [0.4, 0.5) is 0 Å². The molecule has 4 heteroatoms. The van der Waals surface area contributed by atoms with Gasteiger partial charge >= 0.3 is 0 Å². The number of carbonyl (C=O) groups excluding carboxylic acids is 1. The Balaban J connectivity index is 1.85. The van der Waals surface area contributed by atoms with Crippen LogP contribution in [0.2, 0.25) is 0 Å². The van der Waals surface area contributed by atoms with E-state index in [0.29, 0.717) is 11.9 Å². The summed E-state index contributed by atoms with van der Waals surface area (Å²) in [5.74, 6) is 0.320. The maximum absolute atomic E-state index is 12.5. The normalized spacial score (nSPS) is 30.4. The summed E-state index contributed by atoms with van der Waals surface area (Å²) in [4.78, 5) is 17.0. The monoisotopic (exact) mass is 267 g/mol. The molecule has 19 heavy (non-hydrogen) atoms. The highest BCUT2D eigenvalue weighted by Crippen LogP contribution is 2.18. The Kier molecular flexibility index (Phi) is 4.51. The molecule has 0 aromatic rings. The number of hydrogen-bond donors (Lipinski definition) is 1.